The lowest BCUT2D eigenvalue weighted by Gasteiger charge is -2.16. The molecule has 1 N–H and O–H groups in total. The van der Waals surface area contributed by atoms with Crippen LogP contribution in [0.5, 0.6) is 0 Å². The monoisotopic (exact) mass is 285 g/mol. The van der Waals surface area contributed by atoms with Gasteiger partial charge in [0, 0.05) is 25.7 Å². The lowest BCUT2D eigenvalue weighted by atomic mass is 9.98. The number of carbonyl (C=O) groups excluding carboxylic acids is 1. The molecule has 0 radical (unpaired) electrons. The Bertz CT molecular complexity index is 379. The van der Waals surface area contributed by atoms with E-state index in [4.69, 9.17) is 11.6 Å². The summed E-state index contributed by atoms with van der Waals surface area (Å²) in [6.07, 6.45) is 6.80. The highest BCUT2D eigenvalue weighted by atomic mass is 35.5. The van der Waals surface area contributed by atoms with Gasteiger partial charge in [-0.15, -0.1) is 11.6 Å². The van der Waals surface area contributed by atoms with Crippen LogP contribution in [0.15, 0.2) is 12.3 Å². The zero-order valence-electron chi connectivity index (χ0n) is 11.9. The van der Waals surface area contributed by atoms with Crippen LogP contribution in [0.3, 0.4) is 0 Å². The summed E-state index contributed by atoms with van der Waals surface area (Å²) in [6, 6.07) is 1.96. The highest BCUT2D eigenvalue weighted by molar-refractivity contribution is 6.17. The number of nitrogens with zero attached hydrogens (tertiary/aromatic N) is 2. The molecule has 1 rings (SSSR count). The summed E-state index contributed by atoms with van der Waals surface area (Å²) in [6.45, 7) is 2.95. The minimum Gasteiger partial charge on any atom is -0.359 e. The number of aryl methyl sites for hydroxylation is 1. The smallest absolute Gasteiger partial charge is 0.228 e. The first-order chi connectivity index (χ1) is 9.24. The van der Waals surface area contributed by atoms with Gasteiger partial charge in [-0.05, 0) is 25.3 Å². The summed E-state index contributed by atoms with van der Waals surface area (Å²) in [4.78, 5) is 12.0. The van der Waals surface area contributed by atoms with E-state index in [1.54, 1.807) is 13.2 Å². The van der Waals surface area contributed by atoms with Crippen LogP contribution in [0.25, 0.3) is 0 Å². The van der Waals surface area contributed by atoms with E-state index >= 15 is 0 Å². The minimum absolute atomic E-state index is 0.0735. The number of hydrogen-bond acceptors (Lipinski definition) is 2. The Labute approximate surface area is 120 Å². The van der Waals surface area contributed by atoms with E-state index in [0.717, 1.165) is 44.3 Å². The molecule has 0 saturated carbocycles. The molecule has 0 aromatic carbocycles. The number of nitrogens with one attached hydrogen (secondary N) is 1. The molecule has 1 aromatic rings. The quantitative estimate of drug-likeness (QED) is 0.560. The topological polar surface area (TPSA) is 46.9 Å². The predicted molar refractivity (Wildman–Crippen MR) is 78.5 cm³/mol. The lowest BCUT2D eigenvalue weighted by molar-refractivity contribution is -0.122. The molecule has 19 heavy (non-hydrogen) atoms. The fourth-order valence-corrected chi connectivity index (χ4v) is 2.42. The van der Waals surface area contributed by atoms with Crippen LogP contribution in [0.4, 0.5) is 0 Å². The molecular formula is C14H24ClN3O. The number of unbranched alkanes of at least 4 members (excludes halogenated alkanes) is 2. The lowest BCUT2D eigenvalue weighted by Crippen LogP contribution is -2.27. The van der Waals surface area contributed by atoms with Gasteiger partial charge in [-0.2, -0.15) is 5.10 Å². The molecular weight excluding hydrogens is 262 g/mol. The molecule has 1 amide bonds. The number of carbonyl (C=O) groups is 1. The van der Waals surface area contributed by atoms with Crippen LogP contribution in [-0.2, 0) is 11.3 Å². The van der Waals surface area contributed by atoms with Crippen molar-refractivity contribution in [3.63, 3.8) is 0 Å². The van der Waals surface area contributed by atoms with Crippen LogP contribution in [0.2, 0.25) is 0 Å². The van der Waals surface area contributed by atoms with Crippen molar-refractivity contribution in [3.05, 3.63) is 18.0 Å². The average molecular weight is 286 g/mol. The second-order valence-electron chi connectivity index (χ2n) is 4.68. The Morgan fingerprint density at radius 1 is 1.47 bits per heavy atom. The van der Waals surface area contributed by atoms with Crippen LogP contribution in [0.1, 0.15) is 50.6 Å². The molecule has 5 heteroatoms. The van der Waals surface area contributed by atoms with Crippen molar-refractivity contribution in [3.8, 4) is 0 Å². The normalized spacial score (nSPS) is 12.4. The zero-order valence-corrected chi connectivity index (χ0v) is 12.6. The van der Waals surface area contributed by atoms with E-state index in [2.05, 4.69) is 17.3 Å². The van der Waals surface area contributed by atoms with Gasteiger partial charge in [0.05, 0.1) is 11.6 Å². The predicted octanol–water partition coefficient (Wildman–Crippen LogP) is 2.92. The Morgan fingerprint density at radius 3 is 2.89 bits per heavy atom. The minimum atomic E-state index is -0.0921. The molecule has 1 heterocycles. The van der Waals surface area contributed by atoms with Gasteiger partial charge >= 0.3 is 0 Å². The standard InChI is InChI=1S/C14H24ClN3O/c1-3-7-12(14(19)16-2)13-8-10-17-18(13)11-6-4-5-9-15/h8,10,12H,3-7,9,11H2,1-2H3,(H,16,19). The third-order valence-electron chi connectivity index (χ3n) is 3.25. The van der Waals surface area contributed by atoms with E-state index in [1.165, 1.54) is 0 Å². The van der Waals surface area contributed by atoms with Crippen molar-refractivity contribution in [1.29, 1.82) is 0 Å². The molecule has 108 valence electrons. The molecule has 1 unspecified atom stereocenters. The highest BCUT2D eigenvalue weighted by Gasteiger charge is 2.22. The van der Waals surface area contributed by atoms with E-state index < -0.39 is 0 Å². The van der Waals surface area contributed by atoms with Gasteiger partial charge < -0.3 is 5.32 Å². The van der Waals surface area contributed by atoms with Crippen molar-refractivity contribution in [2.24, 2.45) is 0 Å². The molecule has 0 fully saturated rings. The summed E-state index contributed by atoms with van der Waals surface area (Å²) in [7, 11) is 1.69. The number of alkyl halides is 1. The Morgan fingerprint density at radius 2 is 2.26 bits per heavy atom. The van der Waals surface area contributed by atoms with Crippen LogP contribution >= 0.6 is 11.6 Å². The number of amides is 1. The first-order valence-corrected chi connectivity index (χ1v) is 7.57. The van der Waals surface area contributed by atoms with Crippen molar-refractivity contribution in [2.75, 3.05) is 12.9 Å². The second kappa shape index (κ2) is 8.97. The number of halogens is 1. The van der Waals surface area contributed by atoms with Gasteiger partial charge in [0.15, 0.2) is 0 Å². The van der Waals surface area contributed by atoms with Crippen LogP contribution in [-0.4, -0.2) is 28.6 Å². The first kappa shape index (κ1) is 16.0. The Kier molecular flexibility index (Phi) is 7.56. The van der Waals surface area contributed by atoms with Crippen LogP contribution < -0.4 is 5.32 Å². The summed E-state index contributed by atoms with van der Waals surface area (Å²) >= 11 is 5.67. The second-order valence-corrected chi connectivity index (χ2v) is 5.06. The molecule has 0 aliphatic heterocycles. The molecule has 1 atom stereocenters. The fraction of sp³-hybridized carbons (Fsp3) is 0.714. The molecule has 4 nitrogen and oxygen atoms in total. The van der Waals surface area contributed by atoms with Crippen molar-refractivity contribution in [2.45, 2.75) is 51.5 Å². The maximum atomic E-state index is 12.0. The average Bonchev–Trinajstić information content (AvgIpc) is 2.88. The van der Waals surface area contributed by atoms with Gasteiger partial charge in [0.25, 0.3) is 0 Å². The summed E-state index contributed by atoms with van der Waals surface area (Å²) in [5.74, 6) is 0.692. The third-order valence-corrected chi connectivity index (χ3v) is 3.52. The molecule has 1 aromatic heterocycles. The SMILES string of the molecule is CCCC(C(=O)NC)c1ccnn1CCCCCCl. The molecule has 0 spiro atoms. The van der Waals surface area contributed by atoms with Gasteiger partial charge in [0.2, 0.25) is 5.91 Å². The van der Waals surface area contributed by atoms with E-state index in [-0.39, 0.29) is 11.8 Å². The Balaban J connectivity index is 2.69. The number of likely N-dealkylation sites (N-methyl/N-ethyl adjacent to an activating group) is 1. The largest absolute Gasteiger partial charge is 0.359 e. The highest BCUT2D eigenvalue weighted by Crippen LogP contribution is 2.21. The molecule has 0 aliphatic rings. The number of aromatic nitrogens is 2. The Hall–Kier alpha value is -1.03. The van der Waals surface area contributed by atoms with E-state index in [9.17, 15) is 4.79 Å². The first-order valence-electron chi connectivity index (χ1n) is 7.03. The van der Waals surface area contributed by atoms with Crippen LogP contribution in [0, 0.1) is 0 Å². The third kappa shape index (κ3) is 4.86. The van der Waals surface area contributed by atoms with Gasteiger partial charge in [0.1, 0.15) is 0 Å². The van der Waals surface area contributed by atoms with Crippen molar-refractivity contribution >= 4 is 17.5 Å². The van der Waals surface area contributed by atoms with E-state index in [1.807, 2.05) is 10.7 Å². The van der Waals surface area contributed by atoms with Crippen molar-refractivity contribution in [1.82, 2.24) is 15.1 Å². The number of hydrogen-bond donors (Lipinski definition) is 1. The van der Waals surface area contributed by atoms with E-state index in [0.29, 0.717) is 5.88 Å². The van der Waals surface area contributed by atoms with Crippen molar-refractivity contribution < 1.29 is 4.79 Å². The maximum Gasteiger partial charge on any atom is 0.228 e. The summed E-state index contributed by atoms with van der Waals surface area (Å²) in [5.41, 5.74) is 1.02. The van der Waals surface area contributed by atoms with Gasteiger partial charge in [-0.3, -0.25) is 9.48 Å². The zero-order chi connectivity index (χ0) is 14.1. The number of rotatable bonds is 9. The molecule has 0 saturated heterocycles. The van der Waals surface area contributed by atoms with Gasteiger partial charge in [-0.1, -0.05) is 19.8 Å². The maximum absolute atomic E-state index is 12.0. The fourth-order valence-electron chi connectivity index (χ4n) is 2.23. The molecule has 0 aliphatic carbocycles. The van der Waals surface area contributed by atoms with Gasteiger partial charge in [-0.25, -0.2) is 0 Å². The molecule has 0 bridgehead atoms. The summed E-state index contributed by atoms with van der Waals surface area (Å²) < 4.78 is 1.96. The summed E-state index contributed by atoms with van der Waals surface area (Å²) in [5, 5.41) is 7.08.